The van der Waals surface area contributed by atoms with Crippen molar-refractivity contribution < 1.29 is 14.4 Å². The number of likely N-dealkylation sites (N-methyl/N-ethyl adjacent to an activating group) is 1. The Bertz CT molecular complexity index is 1620. The topological polar surface area (TPSA) is 76.2 Å². The highest BCUT2D eigenvalue weighted by Gasteiger charge is 2.25. The normalized spacial score (nSPS) is 12.8. The van der Waals surface area contributed by atoms with Crippen molar-refractivity contribution in [1.82, 2.24) is 9.80 Å². The van der Waals surface area contributed by atoms with E-state index in [9.17, 15) is 14.4 Å². The fraction of sp³-hybridized carbons (Fsp3) is 0.270. The Morgan fingerprint density at radius 2 is 1.35 bits per heavy atom. The van der Waals surface area contributed by atoms with Crippen LogP contribution in [-0.4, -0.2) is 80.4 Å². The van der Waals surface area contributed by atoms with Crippen LogP contribution in [0.2, 0.25) is 0 Å². The van der Waals surface area contributed by atoms with Gasteiger partial charge in [-0.05, 0) is 66.7 Å². The first kappa shape index (κ1) is 34.2. The highest BCUT2D eigenvalue weighted by atomic mass is 35.5. The van der Waals surface area contributed by atoms with Gasteiger partial charge in [-0.25, -0.2) is 0 Å². The number of hydrogen-bond acceptors (Lipinski definition) is 5. The van der Waals surface area contributed by atoms with E-state index in [0.29, 0.717) is 49.5 Å². The number of para-hydroxylation sites is 2. The van der Waals surface area contributed by atoms with Crippen molar-refractivity contribution in [1.29, 1.82) is 0 Å². The van der Waals surface area contributed by atoms with Gasteiger partial charge in [0.2, 0.25) is 5.91 Å². The third-order valence-corrected chi connectivity index (χ3v) is 8.42. The molecule has 0 unspecified atom stereocenters. The molecule has 1 aliphatic rings. The monoisotopic (exact) mass is 639 g/mol. The Hall–Kier alpha value is -4.66. The predicted octanol–water partition coefficient (Wildman–Crippen LogP) is 6.29. The van der Waals surface area contributed by atoms with Gasteiger partial charge in [-0.1, -0.05) is 74.5 Å². The molecule has 3 amide bonds. The average molecular weight is 640 g/mol. The molecule has 46 heavy (non-hydrogen) atoms. The van der Waals surface area contributed by atoms with Gasteiger partial charge in [-0.2, -0.15) is 0 Å². The summed E-state index contributed by atoms with van der Waals surface area (Å²) < 4.78 is 0. The Labute approximate surface area is 278 Å². The number of hydrogen-bond donors (Lipinski definition) is 1. The van der Waals surface area contributed by atoms with E-state index in [2.05, 4.69) is 29.0 Å². The summed E-state index contributed by atoms with van der Waals surface area (Å²) in [6.07, 6.45) is 0. The number of piperazine rings is 1. The molecule has 5 rings (SSSR count). The van der Waals surface area contributed by atoms with Gasteiger partial charge in [0.1, 0.15) is 0 Å². The summed E-state index contributed by atoms with van der Waals surface area (Å²) >= 11 is 0. The molecule has 1 saturated heterocycles. The molecular weight excluding hydrogens is 598 g/mol. The zero-order chi connectivity index (χ0) is 31.8. The Balaban J connectivity index is 0.00000480. The molecule has 1 fully saturated rings. The first-order chi connectivity index (χ1) is 21.9. The molecule has 8 nitrogen and oxygen atoms in total. The third-order valence-electron chi connectivity index (χ3n) is 8.42. The molecule has 0 atom stereocenters. The lowest BCUT2D eigenvalue weighted by atomic mass is 9.99. The highest BCUT2D eigenvalue weighted by molar-refractivity contribution is 6.10. The van der Waals surface area contributed by atoms with Gasteiger partial charge in [-0.15, -0.1) is 12.4 Å². The lowest BCUT2D eigenvalue weighted by Gasteiger charge is -2.38. The zero-order valence-corrected chi connectivity index (χ0v) is 27.5. The second-order valence-corrected chi connectivity index (χ2v) is 11.1. The SMILES string of the molecule is CCN(CC)CC(=O)N1CCN(c2ccccc2N(C)C(=O)c2ccc(NC(=O)c3ccccc3-c3ccccc3)cc2)CC1.Cl. The van der Waals surface area contributed by atoms with Crippen molar-refractivity contribution in [2.24, 2.45) is 0 Å². The van der Waals surface area contributed by atoms with Gasteiger partial charge in [-0.3, -0.25) is 19.3 Å². The molecule has 9 heteroatoms. The molecular formula is C37H42ClN5O3. The first-order valence-electron chi connectivity index (χ1n) is 15.6. The zero-order valence-electron chi connectivity index (χ0n) is 26.7. The standard InChI is InChI=1S/C37H41N5O3.ClH/c1-4-40(5-2)27-35(43)42-25-23-41(24-26-42)34-18-12-11-17-33(34)39(3)37(45)29-19-21-30(22-20-29)38-36(44)32-16-10-9-15-31(32)28-13-7-6-8-14-28;/h6-22H,4-5,23-27H2,1-3H3,(H,38,44);1H. The van der Waals surface area contributed by atoms with Crippen molar-refractivity contribution in [3.63, 3.8) is 0 Å². The van der Waals surface area contributed by atoms with Crippen molar-refractivity contribution >= 4 is 47.2 Å². The summed E-state index contributed by atoms with van der Waals surface area (Å²) in [5.74, 6) is -0.198. The van der Waals surface area contributed by atoms with E-state index in [0.717, 1.165) is 35.6 Å². The number of nitrogens with one attached hydrogen (secondary N) is 1. The van der Waals surface area contributed by atoms with Gasteiger partial charge in [0, 0.05) is 50.0 Å². The number of benzene rings is 4. The van der Waals surface area contributed by atoms with Crippen LogP contribution in [0, 0.1) is 0 Å². The maximum atomic E-state index is 13.6. The van der Waals surface area contributed by atoms with Crippen LogP contribution >= 0.6 is 12.4 Å². The van der Waals surface area contributed by atoms with Gasteiger partial charge in [0.15, 0.2) is 0 Å². The van der Waals surface area contributed by atoms with Crippen LogP contribution in [0.15, 0.2) is 103 Å². The van der Waals surface area contributed by atoms with Crippen LogP contribution in [0.3, 0.4) is 0 Å². The molecule has 0 radical (unpaired) electrons. The number of carbonyl (C=O) groups excluding carboxylic acids is 3. The number of amides is 3. The Morgan fingerprint density at radius 3 is 2.02 bits per heavy atom. The van der Waals surface area contributed by atoms with Crippen LogP contribution < -0.4 is 15.1 Å². The molecule has 1 heterocycles. The molecule has 0 aromatic heterocycles. The molecule has 1 N–H and O–H groups in total. The molecule has 4 aromatic carbocycles. The van der Waals surface area contributed by atoms with Crippen LogP contribution in [0.1, 0.15) is 34.6 Å². The van der Waals surface area contributed by atoms with Crippen LogP contribution in [0.4, 0.5) is 17.1 Å². The van der Waals surface area contributed by atoms with E-state index in [4.69, 9.17) is 0 Å². The Kier molecular flexibility index (Phi) is 11.9. The predicted molar refractivity (Wildman–Crippen MR) is 189 cm³/mol. The van der Waals surface area contributed by atoms with E-state index >= 15 is 0 Å². The van der Waals surface area contributed by atoms with Crippen molar-refractivity contribution in [3.05, 3.63) is 114 Å². The largest absolute Gasteiger partial charge is 0.366 e. The van der Waals surface area contributed by atoms with Crippen LogP contribution in [0.25, 0.3) is 11.1 Å². The lowest BCUT2D eigenvalue weighted by molar-refractivity contribution is -0.132. The van der Waals surface area contributed by atoms with Gasteiger partial charge in [0.05, 0.1) is 17.9 Å². The summed E-state index contributed by atoms with van der Waals surface area (Å²) in [7, 11) is 1.78. The summed E-state index contributed by atoms with van der Waals surface area (Å²) in [4.78, 5) is 47.6. The number of carbonyl (C=O) groups is 3. The average Bonchev–Trinajstić information content (AvgIpc) is 3.10. The number of halogens is 1. The minimum Gasteiger partial charge on any atom is -0.366 e. The van der Waals surface area contributed by atoms with Crippen molar-refractivity contribution in [2.45, 2.75) is 13.8 Å². The molecule has 1 aliphatic heterocycles. The fourth-order valence-electron chi connectivity index (χ4n) is 5.70. The lowest BCUT2D eigenvalue weighted by Crippen LogP contribution is -2.51. The van der Waals surface area contributed by atoms with Gasteiger partial charge in [0.25, 0.3) is 11.8 Å². The quantitative estimate of drug-likeness (QED) is 0.221. The summed E-state index contributed by atoms with van der Waals surface area (Å²) in [6.45, 7) is 9.00. The van der Waals surface area contributed by atoms with Crippen molar-refractivity contribution in [3.8, 4) is 11.1 Å². The highest BCUT2D eigenvalue weighted by Crippen LogP contribution is 2.31. The maximum Gasteiger partial charge on any atom is 0.258 e. The fourth-order valence-corrected chi connectivity index (χ4v) is 5.70. The second kappa shape index (κ2) is 16.1. The van der Waals surface area contributed by atoms with Gasteiger partial charge < -0.3 is 20.0 Å². The molecule has 0 saturated carbocycles. The number of nitrogens with zero attached hydrogens (tertiary/aromatic N) is 4. The van der Waals surface area contributed by atoms with Gasteiger partial charge >= 0.3 is 0 Å². The smallest absolute Gasteiger partial charge is 0.258 e. The van der Waals surface area contributed by atoms with E-state index in [-0.39, 0.29) is 30.1 Å². The molecule has 0 bridgehead atoms. The van der Waals surface area contributed by atoms with E-state index in [1.165, 1.54) is 0 Å². The molecule has 4 aromatic rings. The third kappa shape index (κ3) is 7.94. The summed E-state index contributed by atoms with van der Waals surface area (Å²) in [5.41, 5.74) is 5.30. The van der Waals surface area contributed by atoms with E-state index < -0.39 is 0 Å². The number of rotatable bonds is 10. The Morgan fingerprint density at radius 1 is 0.739 bits per heavy atom. The molecule has 0 spiro atoms. The van der Waals surface area contributed by atoms with Crippen molar-refractivity contribution in [2.75, 3.05) is 68.0 Å². The van der Waals surface area contributed by atoms with Crippen LogP contribution in [0.5, 0.6) is 0 Å². The maximum absolute atomic E-state index is 13.6. The summed E-state index contributed by atoms with van der Waals surface area (Å²) in [5, 5.41) is 2.97. The minimum absolute atomic E-state index is 0. The molecule has 0 aliphatic carbocycles. The summed E-state index contributed by atoms with van der Waals surface area (Å²) in [6, 6.07) is 32.2. The number of anilines is 3. The van der Waals surface area contributed by atoms with E-state index in [1.807, 2.05) is 83.8 Å². The minimum atomic E-state index is -0.213. The second-order valence-electron chi connectivity index (χ2n) is 11.1. The molecule has 240 valence electrons. The van der Waals surface area contributed by atoms with Crippen LogP contribution in [-0.2, 0) is 4.79 Å². The van der Waals surface area contributed by atoms with E-state index in [1.54, 1.807) is 36.2 Å². The first-order valence-corrected chi connectivity index (χ1v) is 15.6.